The first-order chi connectivity index (χ1) is 8.58. The second-order valence-corrected chi connectivity index (χ2v) is 6.62. The molecule has 0 fully saturated rings. The van der Waals surface area contributed by atoms with Crippen molar-refractivity contribution in [2.75, 3.05) is 25.6 Å². The molecule has 18 heavy (non-hydrogen) atoms. The summed E-state index contributed by atoms with van der Waals surface area (Å²) in [6, 6.07) is 9.50. The molecule has 0 radical (unpaired) electrons. The molecule has 1 aromatic rings. The number of halogens is 1. The first kappa shape index (κ1) is 15.3. The number of hydrogen-bond donors (Lipinski definition) is 0. The highest BCUT2D eigenvalue weighted by atomic mass is 35.7. The largest absolute Gasteiger partial charge is 0.491 e. The molecule has 0 N–H and O–H groups in total. The van der Waals surface area contributed by atoms with Crippen molar-refractivity contribution < 1.29 is 17.9 Å². The van der Waals surface area contributed by atoms with Gasteiger partial charge in [-0.05, 0) is 25.0 Å². The molecule has 4 nitrogen and oxygen atoms in total. The Morgan fingerprint density at radius 3 is 2.39 bits per heavy atom. The smallest absolute Gasteiger partial charge is 0.232 e. The van der Waals surface area contributed by atoms with Crippen LogP contribution in [0.1, 0.15) is 12.8 Å². The summed E-state index contributed by atoms with van der Waals surface area (Å²) in [5.41, 5.74) is 0. The molecule has 102 valence electrons. The lowest BCUT2D eigenvalue weighted by Gasteiger charge is -2.06. The van der Waals surface area contributed by atoms with Crippen LogP contribution in [-0.4, -0.2) is 34.0 Å². The molecule has 1 aromatic carbocycles. The van der Waals surface area contributed by atoms with Crippen LogP contribution in [0.5, 0.6) is 5.75 Å². The number of ether oxygens (including phenoxy) is 2. The van der Waals surface area contributed by atoms with Gasteiger partial charge >= 0.3 is 0 Å². The molecule has 0 aromatic heterocycles. The lowest BCUT2D eigenvalue weighted by atomic mass is 10.3. The van der Waals surface area contributed by atoms with Gasteiger partial charge in [-0.15, -0.1) is 0 Å². The number of para-hydroxylation sites is 1. The third kappa shape index (κ3) is 8.33. The average molecular weight is 293 g/mol. The summed E-state index contributed by atoms with van der Waals surface area (Å²) in [7, 11) is 1.71. The topological polar surface area (TPSA) is 52.6 Å². The first-order valence-corrected chi connectivity index (χ1v) is 8.24. The number of hydrogen-bond acceptors (Lipinski definition) is 4. The average Bonchev–Trinajstić information content (AvgIpc) is 2.32. The van der Waals surface area contributed by atoms with Crippen molar-refractivity contribution in [1.29, 1.82) is 0 Å². The van der Waals surface area contributed by atoms with Crippen LogP contribution in [0.3, 0.4) is 0 Å². The van der Waals surface area contributed by atoms with Gasteiger partial charge in [0.1, 0.15) is 12.4 Å². The van der Waals surface area contributed by atoms with E-state index in [4.69, 9.17) is 20.2 Å². The molecule has 0 unspecified atom stereocenters. The fourth-order valence-corrected chi connectivity index (χ4v) is 2.19. The lowest BCUT2D eigenvalue weighted by Crippen LogP contribution is -2.08. The van der Waals surface area contributed by atoms with Crippen LogP contribution in [0, 0.1) is 0 Å². The predicted octanol–water partition coefficient (Wildman–Crippen LogP) is 2.43. The van der Waals surface area contributed by atoms with Crippen molar-refractivity contribution in [2.45, 2.75) is 12.8 Å². The Kier molecular flexibility index (Phi) is 7.08. The minimum Gasteiger partial charge on any atom is -0.491 e. The molecule has 0 atom stereocenters. The van der Waals surface area contributed by atoms with Gasteiger partial charge in [-0.3, -0.25) is 0 Å². The third-order valence-electron chi connectivity index (χ3n) is 2.17. The fraction of sp³-hybridized carbons (Fsp3) is 0.500. The maximum absolute atomic E-state index is 10.6. The van der Waals surface area contributed by atoms with Crippen LogP contribution in [0.25, 0.3) is 0 Å². The van der Waals surface area contributed by atoms with Crippen molar-refractivity contribution >= 4 is 19.7 Å². The molecule has 1 rings (SSSR count). The highest BCUT2D eigenvalue weighted by Gasteiger charge is 2.03. The van der Waals surface area contributed by atoms with Crippen LogP contribution in [0.4, 0.5) is 0 Å². The summed E-state index contributed by atoms with van der Waals surface area (Å²) in [5, 5.41) is 0. The Hall–Kier alpha value is -0.780. The summed E-state index contributed by atoms with van der Waals surface area (Å²) in [4.78, 5) is 0. The van der Waals surface area contributed by atoms with Crippen molar-refractivity contribution in [3.8, 4) is 5.75 Å². The van der Waals surface area contributed by atoms with Gasteiger partial charge in [-0.2, -0.15) is 0 Å². The number of unbranched alkanes of at least 4 members (excludes halogenated alkanes) is 1. The summed E-state index contributed by atoms with van der Waals surface area (Å²) in [5.74, 6) is 0.813. The summed E-state index contributed by atoms with van der Waals surface area (Å²) in [6.07, 6.45) is 1.20. The van der Waals surface area contributed by atoms with Gasteiger partial charge in [0.15, 0.2) is 0 Å². The van der Waals surface area contributed by atoms with Crippen molar-refractivity contribution in [1.82, 2.24) is 0 Å². The maximum atomic E-state index is 10.6. The zero-order valence-corrected chi connectivity index (χ0v) is 11.6. The van der Waals surface area contributed by atoms with Gasteiger partial charge in [-0.1, -0.05) is 18.2 Å². The normalized spacial score (nSPS) is 11.4. The second-order valence-electron chi connectivity index (χ2n) is 3.72. The van der Waals surface area contributed by atoms with E-state index in [1.807, 2.05) is 30.3 Å². The quantitative estimate of drug-likeness (QED) is 0.518. The molecule has 0 amide bonds. The highest BCUT2D eigenvalue weighted by Crippen LogP contribution is 2.07. The van der Waals surface area contributed by atoms with Gasteiger partial charge in [0.2, 0.25) is 9.05 Å². The molecule has 6 heteroatoms. The van der Waals surface area contributed by atoms with E-state index >= 15 is 0 Å². The minimum absolute atomic E-state index is 0.00156. The molecule has 0 saturated heterocycles. The van der Waals surface area contributed by atoms with Crippen LogP contribution >= 0.6 is 10.7 Å². The van der Waals surface area contributed by atoms with Crippen molar-refractivity contribution in [3.63, 3.8) is 0 Å². The SMILES string of the molecule is O=S(=O)(Cl)CCCCOCCOc1ccccc1. The van der Waals surface area contributed by atoms with E-state index in [0.29, 0.717) is 32.7 Å². The van der Waals surface area contributed by atoms with Gasteiger partial charge in [0.25, 0.3) is 0 Å². The van der Waals surface area contributed by atoms with Crippen LogP contribution in [0.15, 0.2) is 30.3 Å². The second kappa shape index (κ2) is 8.34. The van der Waals surface area contributed by atoms with E-state index in [0.717, 1.165) is 5.75 Å². The lowest BCUT2D eigenvalue weighted by molar-refractivity contribution is 0.0981. The Bertz CT molecular complexity index is 419. The predicted molar refractivity (Wildman–Crippen MR) is 71.6 cm³/mol. The Balaban J connectivity index is 1.93. The van der Waals surface area contributed by atoms with Gasteiger partial charge in [0, 0.05) is 17.3 Å². The molecule has 0 aliphatic heterocycles. The Morgan fingerprint density at radius 2 is 1.72 bits per heavy atom. The Labute approximate surface area is 112 Å². The van der Waals surface area contributed by atoms with E-state index in [-0.39, 0.29) is 5.75 Å². The summed E-state index contributed by atoms with van der Waals surface area (Å²) >= 11 is 0. The molecule has 0 heterocycles. The van der Waals surface area contributed by atoms with Gasteiger partial charge < -0.3 is 9.47 Å². The maximum Gasteiger partial charge on any atom is 0.232 e. The molecular weight excluding hydrogens is 276 g/mol. The monoisotopic (exact) mass is 292 g/mol. The zero-order valence-electron chi connectivity index (χ0n) is 10.0. The van der Waals surface area contributed by atoms with Crippen LogP contribution in [0.2, 0.25) is 0 Å². The van der Waals surface area contributed by atoms with E-state index < -0.39 is 9.05 Å². The van der Waals surface area contributed by atoms with Crippen molar-refractivity contribution in [2.24, 2.45) is 0 Å². The standard InChI is InChI=1S/C12H17ClO4S/c13-18(14,15)11-5-4-8-16-9-10-17-12-6-2-1-3-7-12/h1-3,6-7H,4-5,8-11H2. The van der Waals surface area contributed by atoms with E-state index in [2.05, 4.69) is 0 Å². The Morgan fingerprint density at radius 1 is 1.00 bits per heavy atom. The van der Waals surface area contributed by atoms with E-state index in [9.17, 15) is 8.42 Å². The summed E-state index contributed by atoms with van der Waals surface area (Å²) in [6.45, 7) is 1.49. The van der Waals surface area contributed by atoms with E-state index in [1.54, 1.807) is 0 Å². The molecule has 0 spiro atoms. The minimum atomic E-state index is -3.37. The fourth-order valence-electron chi connectivity index (χ4n) is 1.32. The van der Waals surface area contributed by atoms with Crippen LogP contribution < -0.4 is 4.74 Å². The number of rotatable bonds is 9. The molecular formula is C12H17ClO4S. The van der Waals surface area contributed by atoms with Crippen molar-refractivity contribution in [3.05, 3.63) is 30.3 Å². The zero-order chi connectivity index (χ0) is 13.3. The molecule has 0 saturated carbocycles. The van der Waals surface area contributed by atoms with Crippen LogP contribution in [-0.2, 0) is 13.8 Å². The molecule has 0 aliphatic carbocycles. The number of benzene rings is 1. The molecule has 0 bridgehead atoms. The summed E-state index contributed by atoms with van der Waals surface area (Å²) < 4.78 is 32.0. The molecule has 0 aliphatic rings. The highest BCUT2D eigenvalue weighted by molar-refractivity contribution is 8.13. The van der Waals surface area contributed by atoms with Gasteiger partial charge in [-0.25, -0.2) is 8.42 Å². The van der Waals surface area contributed by atoms with E-state index in [1.165, 1.54) is 0 Å². The first-order valence-electron chi connectivity index (χ1n) is 5.76. The third-order valence-corrected chi connectivity index (χ3v) is 3.41. The van der Waals surface area contributed by atoms with Gasteiger partial charge in [0.05, 0.1) is 12.4 Å².